The molecule has 0 saturated carbocycles. The van der Waals surface area contributed by atoms with Gasteiger partial charge in [-0.3, -0.25) is 14.4 Å². The Morgan fingerprint density at radius 2 is 1.70 bits per heavy atom. The van der Waals surface area contributed by atoms with Crippen LogP contribution in [-0.2, 0) is 7.05 Å². The second-order valence-electron chi connectivity index (χ2n) is 13.5. The number of rotatable bonds is 12. The molecule has 8 heteroatoms. The van der Waals surface area contributed by atoms with E-state index in [4.69, 9.17) is 0 Å². The smallest absolute Gasteiger partial charge is 0.254 e. The van der Waals surface area contributed by atoms with Gasteiger partial charge in [0.25, 0.3) is 5.91 Å². The first-order valence-corrected chi connectivity index (χ1v) is 16.9. The van der Waals surface area contributed by atoms with E-state index in [2.05, 4.69) is 52.7 Å². The number of piperazine rings is 1. The molecule has 2 fully saturated rings. The van der Waals surface area contributed by atoms with Crippen LogP contribution in [0.25, 0.3) is 22.0 Å². The first kappa shape index (κ1) is 32.6. The number of carbonyl (C=O) groups is 1. The maximum absolute atomic E-state index is 14.6. The molecule has 0 radical (unpaired) electrons. The zero-order chi connectivity index (χ0) is 31.5. The highest BCUT2D eigenvalue weighted by molar-refractivity contribution is 6.05. The molecular formula is C36H53FN6O. The molecule has 0 aliphatic carbocycles. The van der Waals surface area contributed by atoms with Crippen LogP contribution in [-0.4, -0.2) is 106 Å². The van der Waals surface area contributed by atoms with Crippen LogP contribution in [0.2, 0.25) is 0 Å². The van der Waals surface area contributed by atoms with Gasteiger partial charge in [0.2, 0.25) is 0 Å². The number of aromatic nitrogens is 2. The van der Waals surface area contributed by atoms with Crippen LogP contribution in [0.15, 0.2) is 36.5 Å². The fourth-order valence-corrected chi connectivity index (χ4v) is 7.34. The van der Waals surface area contributed by atoms with Crippen molar-refractivity contribution < 1.29 is 9.18 Å². The molecular weight excluding hydrogens is 551 g/mol. The van der Waals surface area contributed by atoms with Crippen LogP contribution in [0.3, 0.4) is 0 Å². The lowest BCUT2D eigenvalue weighted by atomic mass is 9.84. The topological polar surface area (TPSA) is 47.9 Å². The van der Waals surface area contributed by atoms with Gasteiger partial charge in [0, 0.05) is 76.2 Å². The van der Waals surface area contributed by atoms with Crippen LogP contribution in [0, 0.1) is 11.7 Å². The minimum atomic E-state index is -0.395. The largest absolute Gasteiger partial charge is 0.336 e. The molecule has 5 rings (SSSR count). The van der Waals surface area contributed by atoms with E-state index >= 15 is 0 Å². The molecule has 3 heterocycles. The van der Waals surface area contributed by atoms with Gasteiger partial charge >= 0.3 is 0 Å². The molecule has 2 aliphatic heterocycles. The van der Waals surface area contributed by atoms with Crippen LogP contribution in [0.1, 0.15) is 76.2 Å². The number of fused-ring (bicyclic) bond motifs is 1. The third-order valence-electron chi connectivity index (χ3n) is 10.1. The number of hydrogen-bond donors (Lipinski definition) is 0. The van der Waals surface area contributed by atoms with Gasteiger partial charge in [-0.2, -0.15) is 5.10 Å². The first-order chi connectivity index (χ1) is 21.1. The standard InChI is InChI=1S/C36H53FN6O/c1-8-40-15-17-41(18-16-40)14-10-11-34(25(3)4)42-23-28(24-42)27-19-31(33-22-38-39(7)35(33)20-27)30-13-12-29(37)21-32(30)36(44)43(9-2)26(5)6/h12-13,19-22,25-26,28,34H,8-11,14-18,23-24H2,1-7H3/t34-/m1/s1. The predicted molar refractivity (Wildman–Crippen MR) is 179 cm³/mol. The zero-order valence-corrected chi connectivity index (χ0v) is 28.0. The third kappa shape index (κ3) is 6.87. The molecule has 0 spiro atoms. The van der Waals surface area contributed by atoms with Crippen LogP contribution >= 0.6 is 0 Å². The maximum Gasteiger partial charge on any atom is 0.254 e. The monoisotopic (exact) mass is 604 g/mol. The van der Waals surface area contributed by atoms with Gasteiger partial charge < -0.3 is 14.7 Å². The molecule has 7 nitrogen and oxygen atoms in total. The normalized spacial score (nSPS) is 18.0. The molecule has 0 N–H and O–H groups in total. The van der Waals surface area contributed by atoms with Crippen molar-refractivity contribution in [1.82, 2.24) is 29.4 Å². The summed E-state index contributed by atoms with van der Waals surface area (Å²) in [4.78, 5) is 23.4. The molecule has 2 saturated heterocycles. The van der Waals surface area contributed by atoms with Crippen molar-refractivity contribution in [2.24, 2.45) is 13.0 Å². The highest BCUT2D eigenvalue weighted by Gasteiger charge is 2.35. The van der Waals surface area contributed by atoms with E-state index in [0.717, 1.165) is 41.7 Å². The van der Waals surface area contributed by atoms with E-state index < -0.39 is 5.82 Å². The molecule has 1 amide bonds. The number of amides is 1. The van der Waals surface area contributed by atoms with Gasteiger partial charge in [-0.15, -0.1) is 0 Å². The Hall–Kier alpha value is -2.81. The summed E-state index contributed by atoms with van der Waals surface area (Å²) < 4.78 is 16.5. The number of benzene rings is 2. The van der Waals surface area contributed by atoms with Gasteiger partial charge in [0.15, 0.2) is 0 Å². The Morgan fingerprint density at radius 3 is 2.34 bits per heavy atom. The summed E-state index contributed by atoms with van der Waals surface area (Å²) in [6.07, 6.45) is 4.35. The lowest BCUT2D eigenvalue weighted by Gasteiger charge is -2.46. The van der Waals surface area contributed by atoms with E-state index in [1.165, 1.54) is 63.3 Å². The molecule has 2 aliphatic rings. The summed E-state index contributed by atoms with van der Waals surface area (Å²) in [5.41, 5.74) is 4.44. The number of aryl methyl sites for hydroxylation is 1. The van der Waals surface area contributed by atoms with Crippen molar-refractivity contribution in [2.45, 2.75) is 72.4 Å². The molecule has 0 unspecified atom stereocenters. The summed E-state index contributed by atoms with van der Waals surface area (Å²) in [6.45, 7) is 22.7. The number of halogens is 1. The zero-order valence-electron chi connectivity index (χ0n) is 28.0. The summed E-state index contributed by atoms with van der Waals surface area (Å²) in [6, 6.07) is 9.75. The quantitative estimate of drug-likeness (QED) is 0.250. The summed E-state index contributed by atoms with van der Waals surface area (Å²) in [7, 11) is 1.97. The van der Waals surface area contributed by atoms with Crippen molar-refractivity contribution in [3.8, 4) is 11.1 Å². The number of likely N-dealkylation sites (tertiary alicyclic amines) is 1. The number of hydrogen-bond acceptors (Lipinski definition) is 5. The summed E-state index contributed by atoms with van der Waals surface area (Å²) >= 11 is 0. The fraction of sp³-hybridized carbons (Fsp3) is 0.611. The number of likely N-dealkylation sites (N-methyl/N-ethyl adjacent to an activating group) is 1. The van der Waals surface area contributed by atoms with Gasteiger partial charge in [0.1, 0.15) is 5.82 Å². The second-order valence-corrected chi connectivity index (χ2v) is 13.5. The highest BCUT2D eigenvalue weighted by atomic mass is 19.1. The molecule has 2 aromatic carbocycles. The van der Waals surface area contributed by atoms with E-state index in [1.807, 2.05) is 38.7 Å². The van der Waals surface area contributed by atoms with Crippen LogP contribution in [0.4, 0.5) is 4.39 Å². The number of nitrogens with zero attached hydrogens (tertiary/aromatic N) is 6. The van der Waals surface area contributed by atoms with Crippen LogP contribution in [0.5, 0.6) is 0 Å². The van der Waals surface area contributed by atoms with Gasteiger partial charge in [0.05, 0.1) is 17.3 Å². The molecule has 44 heavy (non-hydrogen) atoms. The maximum atomic E-state index is 14.6. The van der Waals surface area contributed by atoms with E-state index in [9.17, 15) is 9.18 Å². The van der Waals surface area contributed by atoms with Crippen LogP contribution < -0.4 is 0 Å². The average Bonchev–Trinajstić information content (AvgIpc) is 3.36. The lowest BCUT2D eigenvalue weighted by Crippen LogP contribution is -2.52. The van der Waals surface area contributed by atoms with Gasteiger partial charge in [-0.1, -0.05) is 26.8 Å². The lowest BCUT2D eigenvalue weighted by molar-refractivity contribution is 0.0551. The molecule has 240 valence electrons. The Kier molecular flexibility index (Phi) is 10.4. The summed E-state index contributed by atoms with van der Waals surface area (Å²) in [5.74, 6) is 0.492. The molecule has 0 bridgehead atoms. The molecule has 1 atom stereocenters. The van der Waals surface area contributed by atoms with E-state index in [0.29, 0.717) is 30.0 Å². The third-order valence-corrected chi connectivity index (χ3v) is 10.1. The highest BCUT2D eigenvalue weighted by Crippen LogP contribution is 2.39. The minimum Gasteiger partial charge on any atom is -0.336 e. The summed E-state index contributed by atoms with van der Waals surface area (Å²) in [5, 5.41) is 5.56. The van der Waals surface area contributed by atoms with Gasteiger partial charge in [-0.05, 0) is 93.6 Å². The fourth-order valence-electron chi connectivity index (χ4n) is 7.34. The minimum absolute atomic E-state index is 0.0227. The van der Waals surface area contributed by atoms with Crippen molar-refractivity contribution >= 4 is 16.8 Å². The number of carbonyl (C=O) groups excluding carboxylic acids is 1. The molecule has 1 aromatic heterocycles. The SMILES string of the molecule is CCN1CCN(CCC[C@H](C(C)C)N2CC(c3cc(-c4ccc(F)cc4C(=O)N(CC)C(C)C)c4cnn(C)c4c3)C2)CC1. The molecule has 3 aromatic rings. The first-order valence-electron chi connectivity index (χ1n) is 16.9. The van der Waals surface area contributed by atoms with E-state index in [-0.39, 0.29) is 11.9 Å². The Bertz CT molecular complexity index is 1420. The second kappa shape index (κ2) is 14.1. The Labute approximate surface area is 264 Å². The average molecular weight is 605 g/mol. The van der Waals surface area contributed by atoms with Crippen molar-refractivity contribution in [3.63, 3.8) is 0 Å². The Balaban J connectivity index is 1.35. The van der Waals surface area contributed by atoms with Crippen molar-refractivity contribution in [2.75, 3.05) is 58.9 Å². The van der Waals surface area contributed by atoms with E-state index in [1.54, 1.807) is 11.0 Å². The van der Waals surface area contributed by atoms with Crippen molar-refractivity contribution in [3.05, 3.63) is 53.5 Å². The van der Waals surface area contributed by atoms with Crippen molar-refractivity contribution in [1.29, 1.82) is 0 Å². The van der Waals surface area contributed by atoms with Gasteiger partial charge in [-0.25, -0.2) is 4.39 Å². The Morgan fingerprint density at radius 1 is 1.00 bits per heavy atom. The predicted octanol–water partition coefficient (Wildman–Crippen LogP) is 6.09.